The standard InChI is InChI=1S/C88H62/c1-87(2,3)65-45-64(46-66(48-65)88(4,5)6)59-35-36-71-76(47-59)82(63-34-30-54-20-10-14-24-58(54)44-63)86-73-40-38-70-75-50-78-77(49-74(75)69-37-39-72(84(73)83(69)70)85(86)81(71)62-33-29-53-19-9-13-23-57(53)43-62)79(60-31-27-51-17-7-11-21-55(51)41-60)67-25-15-16-26-68(67)80(78)61-32-28-52-18-8-12-22-56(52)42-61/h7-50H,1-6H3. The monoisotopic (exact) mass is 1120 g/mol. The molecule has 18 rings (SSSR count). The fourth-order valence-electron chi connectivity index (χ4n) is 15.5. The Bertz CT molecular complexity index is 5570. The van der Waals surface area contributed by atoms with Gasteiger partial charge in [-0.25, -0.2) is 0 Å². The zero-order valence-corrected chi connectivity index (χ0v) is 50.4. The van der Waals surface area contributed by atoms with E-state index in [-0.39, 0.29) is 10.8 Å². The van der Waals surface area contributed by atoms with Crippen molar-refractivity contribution in [3.8, 4) is 100 Å². The molecule has 2 aliphatic carbocycles. The molecule has 0 amide bonds. The average Bonchev–Trinajstić information content (AvgIpc) is 1.54. The van der Waals surface area contributed by atoms with E-state index >= 15 is 0 Å². The van der Waals surface area contributed by atoms with Gasteiger partial charge in [0.05, 0.1) is 0 Å². The van der Waals surface area contributed by atoms with Gasteiger partial charge in [0.1, 0.15) is 0 Å². The van der Waals surface area contributed by atoms with Gasteiger partial charge >= 0.3 is 0 Å². The summed E-state index contributed by atoms with van der Waals surface area (Å²) >= 11 is 0. The van der Waals surface area contributed by atoms with Crippen LogP contribution in [0.2, 0.25) is 0 Å². The molecule has 0 fully saturated rings. The molecule has 0 radical (unpaired) electrons. The summed E-state index contributed by atoms with van der Waals surface area (Å²) in [5, 5.41) is 20.2. The van der Waals surface area contributed by atoms with Crippen molar-refractivity contribution in [3.05, 3.63) is 278 Å². The van der Waals surface area contributed by atoms with Crippen LogP contribution in [0, 0.1) is 0 Å². The molecule has 16 aromatic rings. The van der Waals surface area contributed by atoms with Crippen LogP contribution in [0.15, 0.2) is 267 Å². The van der Waals surface area contributed by atoms with E-state index in [2.05, 4.69) is 308 Å². The van der Waals surface area contributed by atoms with Crippen molar-refractivity contribution in [2.75, 3.05) is 0 Å². The number of hydrogen-bond acceptors (Lipinski definition) is 0. The van der Waals surface area contributed by atoms with Gasteiger partial charge in [-0.3, -0.25) is 0 Å². The van der Waals surface area contributed by atoms with Crippen LogP contribution < -0.4 is 0 Å². The van der Waals surface area contributed by atoms with Crippen molar-refractivity contribution < 1.29 is 0 Å². The molecule has 0 bridgehead atoms. The van der Waals surface area contributed by atoms with Gasteiger partial charge in [-0.05, 0) is 251 Å². The first-order valence-corrected chi connectivity index (χ1v) is 31.3. The van der Waals surface area contributed by atoms with E-state index in [0.717, 1.165) is 0 Å². The Morgan fingerprint density at radius 3 is 0.909 bits per heavy atom. The Morgan fingerprint density at radius 2 is 0.500 bits per heavy atom. The fraction of sp³-hybridized carbons (Fsp3) is 0.0909. The summed E-state index contributed by atoms with van der Waals surface area (Å²) in [4.78, 5) is 0. The molecule has 0 N–H and O–H groups in total. The molecule has 414 valence electrons. The summed E-state index contributed by atoms with van der Waals surface area (Å²) in [6.07, 6.45) is 0. The van der Waals surface area contributed by atoms with E-state index in [4.69, 9.17) is 0 Å². The predicted molar refractivity (Wildman–Crippen MR) is 380 cm³/mol. The second kappa shape index (κ2) is 18.6. The maximum absolute atomic E-state index is 2.57. The lowest BCUT2D eigenvalue weighted by Crippen LogP contribution is -2.16. The summed E-state index contributed by atoms with van der Waals surface area (Å²) in [5.74, 6) is 0. The van der Waals surface area contributed by atoms with Gasteiger partial charge < -0.3 is 0 Å². The van der Waals surface area contributed by atoms with Crippen LogP contribution in [0.4, 0.5) is 0 Å². The minimum absolute atomic E-state index is 0.0292. The van der Waals surface area contributed by atoms with Gasteiger partial charge in [0.15, 0.2) is 0 Å². The Labute approximate surface area is 513 Å². The van der Waals surface area contributed by atoms with Crippen molar-refractivity contribution in [2.24, 2.45) is 0 Å². The van der Waals surface area contributed by atoms with Crippen molar-refractivity contribution in [2.45, 2.75) is 52.4 Å². The Hall–Kier alpha value is -10.4. The van der Waals surface area contributed by atoms with Crippen molar-refractivity contribution in [1.29, 1.82) is 0 Å². The first-order chi connectivity index (χ1) is 42.9. The number of benzene rings is 16. The highest BCUT2D eigenvalue weighted by atomic mass is 14.4. The SMILES string of the molecule is CC(C)(C)c1cc(-c2ccc3c(-c4ccc5ccccc5c4)c4c(c(-c5ccc6ccccc6c5)c3c2)-c2ccc3c5c(ccc-4c25)-c2cc4c(-c5ccc6ccccc6c5)c5ccccc5c(-c5ccc6ccccc6c5)c4cc2-3)cc(C(C)(C)C)c1. The van der Waals surface area contributed by atoms with E-state index in [1.807, 2.05) is 0 Å². The normalized spacial score (nSPS) is 12.7. The molecule has 0 saturated carbocycles. The molecule has 0 spiro atoms. The topological polar surface area (TPSA) is 0 Å². The van der Waals surface area contributed by atoms with Crippen LogP contribution in [0.25, 0.3) is 186 Å². The third-order valence-corrected chi connectivity index (χ3v) is 19.9. The molecule has 88 heavy (non-hydrogen) atoms. The minimum Gasteiger partial charge on any atom is -0.0616 e. The van der Waals surface area contributed by atoms with Gasteiger partial charge in [0.25, 0.3) is 0 Å². The van der Waals surface area contributed by atoms with Gasteiger partial charge in [-0.15, -0.1) is 0 Å². The lowest BCUT2D eigenvalue weighted by molar-refractivity contribution is 0.569. The quantitative estimate of drug-likeness (QED) is 0.151. The van der Waals surface area contributed by atoms with Gasteiger partial charge in [0, 0.05) is 0 Å². The molecule has 2 aliphatic rings. The maximum atomic E-state index is 2.57. The first kappa shape index (κ1) is 50.9. The summed E-state index contributed by atoms with van der Waals surface area (Å²) in [5.41, 5.74) is 25.5. The molecule has 0 atom stereocenters. The predicted octanol–water partition coefficient (Wildman–Crippen LogP) is 25.1. The fourth-order valence-corrected chi connectivity index (χ4v) is 15.5. The summed E-state index contributed by atoms with van der Waals surface area (Å²) in [6.45, 7) is 14.1. The largest absolute Gasteiger partial charge is 0.0616 e. The van der Waals surface area contributed by atoms with Crippen LogP contribution in [-0.2, 0) is 10.8 Å². The highest BCUT2D eigenvalue weighted by molar-refractivity contribution is 6.34. The Morgan fingerprint density at radius 1 is 0.182 bits per heavy atom. The van der Waals surface area contributed by atoms with Crippen LogP contribution >= 0.6 is 0 Å². The van der Waals surface area contributed by atoms with Crippen LogP contribution in [0.1, 0.15) is 52.7 Å². The zero-order valence-electron chi connectivity index (χ0n) is 50.4. The van der Waals surface area contributed by atoms with Gasteiger partial charge in [-0.1, -0.05) is 266 Å². The van der Waals surface area contributed by atoms with Crippen LogP contribution in [0.5, 0.6) is 0 Å². The first-order valence-electron chi connectivity index (χ1n) is 31.3. The summed E-state index contributed by atoms with van der Waals surface area (Å²) in [6, 6.07) is 103. The minimum atomic E-state index is -0.0292. The molecular formula is C88H62. The second-order valence-corrected chi connectivity index (χ2v) is 27.1. The van der Waals surface area contributed by atoms with Gasteiger partial charge in [-0.2, -0.15) is 0 Å². The molecular weight excluding hydrogens is 1060 g/mol. The highest BCUT2D eigenvalue weighted by Crippen LogP contribution is 2.63. The second-order valence-electron chi connectivity index (χ2n) is 27.1. The Kier molecular flexibility index (Phi) is 10.7. The smallest absolute Gasteiger partial charge is 0.000740 e. The van der Waals surface area contributed by atoms with E-state index in [9.17, 15) is 0 Å². The molecule has 0 aliphatic heterocycles. The molecule has 16 aromatic carbocycles. The van der Waals surface area contributed by atoms with Crippen LogP contribution in [0.3, 0.4) is 0 Å². The number of hydrogen-bond donors (Lipinski definition) is 0. The molecule has 0 aromatic heterocycles. The van der Waals surface area contributed by atoms with E-state index < -0.39 is 0 Å². The summed E-state index contributed by atoms with van der Waals surface area (Å²) in [7, 11) is 0. The molecule has 0 heteroatoms. The van der Waals surface area contributed by atoms with Crippen LogP contribution in [-0.4, -0.2) is 0 Å². The van der Waals surface area contributed by atoms with Gasteiger partial charge in [0.2, 0.25) is 0 Å². The lowest BCUT2D eigenvalue weighted by Gasteiger charge is -2.26. The maximum Gasteiger partial charge on any atom is -0.000740 e. The van der Waals surface area contributed by atoms with Crippen molar-refractivity contribution >= 4 is 86.2 Å². The number of rotatable bonds is 5. The molecule has 0 heterocycles. The summed E-state index contributed by atoms with van der Waals surface area (Å²) < 4.78 is 0. The molecule has 0 saturated heterocycles. The van der Waals surface area contributed by atoms with E-state index in [0.29, 0.717) is 0 Å². The molecule has 0 nitrogen and oxygen atoms in total. The third kappa shape index (κ3) is 7.58. The van der Waals surface area contributed by atoms with Crippen molar-refractivity contribution in [1.82, 2.24) is 0 Å². The lowest BCUT2D eigenvalue weighted by atomic mass is 9.78. The molecule has 0 unspecified atom stereocenters. The van der Waals surface area contributed by atoms with E-state index in [1.54, 1.807) is 0 Å². The number of fused-ring (bicyclic) bond motifs is 13. The third-order valence-electron chi connectivity index (χ3n) is 19.9. The highest BCUT2D eigenvalue weighted by Gasteiger charge is 2.36. The van der Waals surface area contributed by atoms with E-state index in [1.165, 1.54) is 197 Å². The average molecular weight is 1120 g/mol. The zero-order chi connectivity index (χ0) is 58.9. The Balaban J connectivity index is 0.953. The van der Waals surface area contributed by atoms with Crippen molar-refractivity contribution in [3.63, 3.8) is 0 Å².